The van der Waals surface area contributed by atoms with Gasteiger partial charge in [0.1, 0.15) is 0 Å². The first kappa shape index (κ1) is 12.4. The molecule has 1 N–H and O–H groups in total. The van der Waals surface area contributed by atoms with Crippen molar-refractivity contribution in [1.29, 1.82) is 0 Å². The second-order valence-corrected chi connectivity index (χ2v) is 5.87. The minimum absolute atomic E-state index is 0.212. The van der Waals surface area contributed by atoms with Crippen molar-refractivity contribution < 1.29 is 9.53 Å². The van der Waals surface area contributed by atoms with E-state index in [2.05, 4.69) is 24.1 Å². The van der Waals surface area contributed by atoms with E-state index in [1.807, 2.05) is 5.38 Å². The highest BCUT2D eigenvalue weighted by atomic mass is 32.1. The monoisotopic (exact) mass is 254 g/mol. The van der Waals surface area contributed by atoms with Crippen LogP contribution in [0.1, 0.15) is 32.9 Å². The van der Waals surface area contributed by atoms with Crippen molar-refractivity contribution in [2.45, 2.75) is 39.7 Å². The molecule has 0 spiro atoms. The van der Waals surface area contributed by atoms with Crippen LogP contribution in [0.2, 0.25) is 0 Å². The molecule has 0 saturated heterocycles. The molecule has 1 aliphatic rings. The lowest BCUT2D eigenvalue weighted by molar-refractivity contribution is -0.142. The fraction of sp³-hybridized carbons (Fsp3) is 0.667. The van der Waals surface area contributed by atoms with Crippen LogP contribution in [0.5, 0.6) is 0 Å². The SMILES string of the molecule is CCOC(=O)Cc1csc(NC2CC2(C)C)n1. The summed E-state index contributed by atoms with van der Waals surface area (Å²) >= 11 is 1.55. The Bertz CT molecular complexity index is 414. The van der Waals surface area contributed by atoms with Gasteiger partial charge < -0.3 is 10.1 Å². The van der Waals surface area contributed by atoms with E-state index >= 15 is 0 Å². The molecule has 0 aliphatic heterocycles. The molecular formula is C12H18N2O2S. The Morgan fingerprint density at radius 3 is 3.00 bits per heavy atom. The molecular weight excluding hydrogens is 236 g/mol. The fourth-order valence-electron chi connectivity index (χ4n) is 1.68. The van der Waals surface area contributed by atoms with Crippen LogP contribution >= 0.6 is 11.3 Å². The predicted octanol–water partition coefficient (Wildman–Crippen LogP) is 2.46. The zero-order chi connectivity index (χ0) is 12.5. The maximum absolute atomic E-state index is 11.3. The number of esters is 1. The smallest absolute Gasteiger partial charge is 0.311 e. The summed E-state index contributed by atoms with van der Waals surface area (Å²) in [4.78, 5) is 15.7. The Kier molecular flexibility index (Phi) is 3.38. The quantitative estimate of drug-likeness (QED) is 0.820. The third-order valence-electron chi connectivity index (χ3n) is 2.99. The van der Waals surface area contributed by atoms with Crippen LogP contribution in [-0.4, -0.2) is 23.6 Å². The van der Waals surface area contributed by atoms with Crippen molar-refractivity contribution in [3.8, 4) is 0 Å². The third-order valence-corrected chi connectivity index (χ3v) is 3.82. The van der Waals surface area contributed by atoms with E-state index in [1.54, 1.807) is 18.3 Å². The number of carbonyl (C=O) groups is 1. The maximum atomic E-state index is 11.3. The Morgan fingerprint density at radius 2 is 2.41 bits per heavy atom. The molecule has 1 atom stereocenters. The summed E-state index contributed by atoms with van der Waals surface area (Å²) in [5.41, 5.74) is 1.17. The number of hydrogen-bond acceptors (Lipinski definition) is 5. The van der Waals surface area contributed by atoms with Crippen molar-refractivity contribution in [2.24, 2.45) is 5.41 Å². The number of thiazole rings is 1. The highest BCUT2D eigenvalue weighted by Crippen LogP contribution is 2.46. The Balaban J connectivity index is 1.86. The fourth-order valence-corrected chi connectivity index (χ4v) is 2.44. The second kappa shape index (κ2) is 4.64. The molecule has 17 heavy (non-hydrogen) atoms. The van der Waals surface area contributed by atoms with Gasteiger partial charge in [-0.25, -0.2) is 4.98 Å². The molecule has 94 valence electrons. The Hall–Kier alpha value is -1.10. The summed E-state index contributed by atoms with van der Waals surface area (Å²) in [6.07, 6.45) is 1.44. The summed E-state index contributed by atoms with van der Waals surface area (Å²) in [7, 11) is 0. The van der Waals surface area contributed by atoms with Crippen LogP contribution in [0.4, 0.5) is 5.13 Å². The number of hydrogen-bond donors (Lipinski definition) is 1. The number of nitrogens with zero attached hydrogens (tertiary/aromatic N) is 1. The summed E-state index contributed by atoms with van der Waals surface area (Å²) in [5, 5.41) is 6.20. The van der Waals surface area contributed by atoms with E-state index in [9.17, 15) is 4.79 Å². The summed E-state index contributed by atoms with van der Waals surface area (Å²) in [6.45, 7) is 6.70. The normalized spacial score (nSPS) is 21.0. The molecule has 1 aromatic rings. The van der Waals surface area contributed by atoms with Crippen molar-refractivity contribution in [3.05, 3.63) is 11.1 Å². The average Bonchev–Trinajstić information content (AvgIpc) is 2.64. The molecule has 0 bridgehead atoms. The standard InChI is InChI=1S/C12H18N2O2S/c1-4-16-10(15)5-8-7-17-11(13-8)14-9-6-12(9,2)3/h7,9H,4-6H2,1-3H3,(H,13,14). The van der Waals surface area contributed by atoms with Gasteiger partial charge in [0, 0.05) is 11.4 Å². The van der Waals surface area contributed by atoms with Gasteiger partial charge in [-0.3, -0.25) is 4.79 Å². The van der Waals surface area contributed by atoms with Gasteiger partial charge in [-0.15, -0.1) is 11.3 Å². The molecule has 0 amide bonds. The topological polar surface area (TPSA) is 51.2 Å². The Morgan fingerprint density at radius 1 is 1.71 bits per heavy atom. The lowest BCUT2D eigenvalue weighted by Gasteiger charge is -2.03. The first-order valence-corrected chi connectivity index (χ1v) is 6.76. The van der Waals surface area contributed by atoms with Crippen LogP contribution < -0.4 is 5.32 Å². The van der Waals surface area contributed by atoms with Gasteiger partial charge in [-0.2, -0.15) is 0 Å². The molecule has 1 fully saturated rings. The van der Waals surface area contributed by atoms with E-state index in [0.29, 0.717) is 18.1 Å². The van der Waals surface area contributed by atoms with Gasteiger partial charge >= 0.3 is 5.97 Å². The molecule has 0 aromatic carbocycles. The maximum Gasteiger partial charge on any atom is 0.311 e. The van der Waals surface area contributed by atoms with Crippen molar-refractivity contribution >= 4 is 22.4 Å². The van der Waals surface area contributed by atoms with E-state index in [1.165, 1.54) is 6.42 Å². The zero-order valence-electron chi connectivity index (χ0n) is 10.4. The zero-order valence-corrected chi connectivity index (χ0v) is 11.3. The first-order chi connectivity index (χ1) is 8.01. The van der Waals surface area contributed by atoms with Crippen LogP contribution in [0.15, 0.2) is 5.38 Å². The van der Waals surface area contributed by atoms with Gasteiger partial charge in [-0.1, -0.05) is 13.8 Å². The molecule has 4 nitrogen and oxygen atoms in total. The summed E-state index contributed by atoms with van der Waals surface area (Å²) in [6, 6.07) is 0.518. The summed E-state index contributed by atoms with van der Waals surface area (Å²) < 4.78 is 4.89. The molecule has 1 aliphatic carbocycles. The minimum atomic E-state index is -0.212. The van der Waals surface area contributed by atoms with E-state index in [4.69, 9.17) is 4.74 Å². The Labute approximate surface area is 105 Å². The van der Waals surface area contributed by atoms with E-state index < -0.39 is 0 Å². The van der Waals surface area contributed by atoms with Crippen molar-refractivity contribution in [3.63, 3.8) is 0 Å². The van der Waals surface area contributed by atoms with Crippen LogP contribution in [0.3, 0.4) is 0 Å². The third kappa shape index (κ3) is 3.19. The van der Waals surface area contributed by atoms with Gasteiger partial charge in [0.05, 0.1) is 18.7 Å². The summed E-state index contributed by atoms with van der Waals surface area (Å²) in [5.74, 6) is -0.212. The van der Waals surface area contributed by atoms with Crippen molar-refractivity contribution in [1.82, 2.24) is 4.98 Å². The van der Waals surface area contributed by atoms with Crippen molar-refractivity contribution in [2.75, 3.05) is 11.9 Å². The molecule has 1 saturated carbocycles. The molecule has 5 heteroatoms. The lowest BCUT2D eigenvalue weighted by Crippen LogP contribution is -2.09. The second-order valence-electron chi connectivity index (χ2n) is 5.02. The highest BCUT2D eigenvalue weighted by molar-refractivity contribution is 7.13. The number of anilines is 1. The number of ether oxygens (including phenoxy) is 1. The van der Waals surface area contributed by atoms with Crippen LogP contribution in [0, 0.1) is 5.41 Å². The van der Waals surface area contributed by atoms with Gasteiger partial charge in [-0.05, 0) is 18.8 Å². The molecule has 2 rings (SSSR count). The largest absolute Gasteiger partial charge is 0.466 e. The van der Waals surface area contributed by atoms with E-state index in [0.717, 1.165) is 10.8 Å². The molecule has 1 heterocycles. The number of aromatic nitrogens is 1. The molecule has 1 unspecified atom stereocenters. The van der Waals surface area contributed by atoms with Crippen LogP contribution in [-0.2, 0) is 16.0 Å². The number of rotatable bonds is 5. The number of carbonyl (C=O) groups excluding carboxylic acids is 1. The highest BCUT2D eigenvalue weighted by Gasteiger charge is 2.46. The first-order valence-electron chi connectivity index (χ1n) is 5.88. The predicted molar refractivity (Wildman–Crippen MR) is 68.3 cm³/mol. The molecule has 1 aromatic heterocycles. The average molecular weight is 254 g/mol. The van der Waals surface area contributed by atoms with Crippen LogP contribution in [0.25, 0.3) is 0 Å². The minimum Gasteiger partial charge on any atom is -0.466 e. The lowest BCUT2D eigenvalue weighted by atomic mass is 10.2. The van der Waals surface area contributed by atoms with Gasteiger partial charge in [0.15, 0.2) is 5.13 Å². The number of nitrogens with one attached hydrogen (secondary N) is 1. The van der Waals surface area contributed by atoms with Gasteiger partial charge in [0.2, 0.25) is 0 Å². The van der Waals surface area contributed by atoms with E-state index in [-0.39, 0.29) is 12.4 Å². The molecule has 0 radical (unpaired) electrons. The van der Waals surface area contributed by atoms with Gasteiger partial charge in [0.25, 0.3) is 0 Å².